The van der Waals surface area contributed by atoms with E-state index in [2.05, 4.69) is 563 Å². The SMILES string of the molecule is C1=CN(c2ccc(-c3cc(-c4ccccc4)nc(-c4cccc(-c5ccc6c(c5)c5c7c8c(cccc8cc5n6-c5ccccc5)N(c5ccc(-c6nc(-c8ccccc8)cc(-c8ccc(-c9ccc%10c(c9)c9c%11c%12c(cccc%12cc9n%10-c9ccccc9)N(c9ccc(-c%10cc(-c%12ccccc%12)cc(-c%12ccccc%12)n%10)cc9)C=C%11)cc8)n6)cc5)C=C7)c4)c3)cc2)c2cccc3cc4c(c1c23)c1ccccc1n4-c1ccccc1. The summed E-state index contributed by atoms with van der Waals surface area (Å²) >= 11 is 0. The second-order valence-corrected chi connectivity index (χ2v) is 39.2. The third-order valence-electron chi connectivity index (χ3n) is 30.7. The summed E-state index contributed by atoms with van der Waals surface area (Å²) in [5, 5.41) is 14.4. The first-order chi connectivity index (χ1) is 74.3. The Labute approximate surface area is 865 Å². The zero-order valence-electron chi connectivity index (χ0n) is 81.3. The summed E-state index contributed by atoms with van der Waals surface area (Å²) in [6.45, 7) is 0. The van der Waals surface area contributed by atoms with E-state index in [-0.39, 0.29) is 0 Å². The van der Waals surface area contributed by atoms with E-state index in [1.165, 1.54) is 87.0 Å². The maximum absolute atomic E-state index is 5.51. The Balaban J connectivity index is 0.460. The van der Waals surface area contributed by atoms with Crippen LogP contribution in [0.15, 0.2) is 516 Å². The van der Waals surface area contributed by atoms with Crippen molar-refractivity contribution >= 4 is 150 Å². The molecule has 0 amide bonds. The van der Waals surface area contributed by atoms with Crippen LogP contribution in [0.5, 0.6) is 0 Å². The lowest BCUT2D eigenvalue weighted by molar-refractivity contribution is 1.18. The molecule has 0 unspecified atom stereocenters. The highest BCUT2D eigenvalue weighted by Gasteiger charge is 2.30. The van der Waals surface area contributed by atoms with Crippen molar-refractivity contribution in [3.05, 3.63) is 533 Å². The quantitative estimate of drug-likeness (QED) is 0.0899. The third kappa shape index (κ3) is 14.2. The fraction of sp³-hybridized carbons (Fsp3) is 0. The van der Waals surface area contributed by atoms with Gasteiger partial charge in [-0.25, -0.2) is 19.9 Å². The zero-order valence-corrected chi connectivity index (χ0v) is 81.3. The van der Waals surface area contributed by atoms with Gasteiger partial charge in [0.1, 0.15) is 0 Å². The molecule has 150 heavy (non-hydrogen) atoms. The van der Waals surface area contributed by atoms with Crippen molar-refractivity contribution in [3.8, 4) is 141 Å². The highest BCUT2D eigenvalue weighted by molar-refractivity contribution is 6.26. The molecule has 3 aliphatic rings. The maximum atomic E-state index is 5.51. The van der Waals surface area contributed by atoms with Gasteiger partial charge < -0.3 is 28.4 Å². The molecule has 0 saturated carbocycles. The van der Waals surface area contributed by atoms with Crippen LogP contribution in [-0.2, 0) is 0 Å². The molecular formula is C140H88N10. The van der Waals surface area contributed by atoms with Crippen molar-refractivity contribution in [1.29, 1.82) is 0 Å². The average Bonchev–Trinajstić information content (AvgIpc) is 1.55. The molecule has 0 radical (unpaired) electrons. The largest absolute Gasteiger partial charge is 0.317 e. The van der Waals surface area contributed by atoms with Crippen molar-refractivity contribution < 1.29 is 0 Å². The van der Waals surface area contributed by atoms with Crippen LogP contribution in [0.25, 0.3) is 256 Å². The molecule has 6 aromatic heterocycles. The van der Waals surface area contributed by atoms with Gasteiger partial charge in [-0.1, -0.05) is 309 Å². The lowest BCUT2D eigenvalue weighted by atomic mass is 9.93. The number of benzene rings is 21. The monoisotopic (exact) mass is 1910 g/mol. The molecule has 9 heterocycles. The molecule has 0 bridgehead atoms. The van der Waals surface area contributed by atoms with Crippen molar-refractivity contribution in [2.75, 3.05) is 14.7 Å². The molecule has 21 aromatic carbocycles. The van der Waals surface area contributed by atoms with Crippen LogP contribution >= 0.6 is 0 Å². The van der Waals surface area contributed by atoms with E-state index >= 15 is 0 Å². The van der Waals surface area contributed by atoms with Gasteiger partial charge in [-0.05, 0) is 284 Å². The fourth-order valence-electron chi connectivity index (χ4n) is 23.6. The Morgan fingerprint density at radius 3 is 0.847 bits per heavy atom. The van der Waals surface area contributed by atoms with Gasteiger partial charge in [-0.15, -0.1) is 0 Å². The highest BCUT2D eigenvalue weighted by atomic mass is 15.1. The van der Waals surface area contributed by atoms with Crippen LogP contribution < -0.4 is 14.7 Å². The summed E-state index contributed by atoms with van der Waals surface area (Å²) in [6.07, 6.45) is 13.7. The number of nitrogens with zero attached hydrogens (tertiary/aromatic N) is 10. The van der Waals surface area contributed by atoms with Gasteiger partial charge in [0.2, 0.25) is 0 Å². The van der Waals surface area contributed by atoms with Gasteiger partial charge in [0, 0.05) is 140 Å². The number of fused-ring (bicyclic) bond motifs is 12. The molecular weight excluding hydrogens is 1820 g/mol. The van der Waals surface area contributed by atoms with E-state index in [4.69, 9.17) is 19.9 Å². The standard InChI is InChI=1S/C140H88N10/c1-8-28-89(29-9-1)105-81-119(92-30-10-2-11-31-92)141-121(82-105)96-58-66-108(67-59-96)146-76-73-115-135-103(39-26-50-129(135)146)86-132-138(115)117-79-99(62-70-126(117)149(132)111-43-18-6-19-44-111)90-52-54-95(55-53-90)124-88-123(94-34-14-4-15-35-94)143-140(144-124)97-60-68-109(69-61-97)147-77-74-116-136-104(40-27-51-130(136)147)87-133-139(116)118-80-100(63-71-127(118)150(133)112-45-20-7-21-46-112)98-36-24-37-101(78-98)122-84-106(83-120(142-122)93-32-12-3-13-33-93)91-56-64-107(65-57-91)145-75-72-114-134-102(38-25-49-128(134)145)85-131-137(114)113-47-22-23-48-125(113)148(131)110-41-16-5-17-42-110/h1-88H. The number of hydrogen-bond acceptors (Lipinski definition) is 7. The molecule has 0 fully saturated rings. The molecule has 0 spiro atoms. The summed E-state index contributed by atoms with van der Waals surface area (Å²) in [6, 6.07) is 180. The minimum atomic E-state index is 0.641. The minimum Gasteiger partial charge on any atom is -0.317 e. The van der Waals surface area contributed by atoms with E-state index in [1.54, 1.807) is 0 Å². The summed E-state index contributed by atoms with van der Waals surface area (Å²) in [5.74, 6) is 0.641. The Bertz CT molecular complexity index is 10200. The minimum absolute atomic E-state index is 0.641. The Kier molecular flexibility index (Phi) is 19.8. The second-order valence-electron chi connectivity index (χ2n) is 39.2. The van der Waals surface area contributed by atoms with E-state index in [1.807, 2.05) is 0 Å². The first kappa shape index (κ1) is 85.4. The average molecular weight is 1910 g/mol. The number of rotatable bonds is 17. The number of pyridine rings is 2. The predicted octanol–water partition coefficient (Wildman–Crippen LogP) is 36.7. The molecule has 30 rings (SSSR count). The van der Waals surface area contributed by atoms with Gasteiger partial charge in [0.15, 0.2) is 5.82 Å². The van der Waals surface area contributed by atoms with Gasteiger partial charge in [0.05, 0.1) is 84.3 Å². The van der Waals surface area contributed by atoms with Crippen molar-refractivity contribution in [1.82, 2.24) is 33.6 Å². The number of aromatic nitrogens is 7. The van der Waals surface area contributed by atoms with E-state index in [0.29, 0.717) is 5.82 Å². The first-order valence-corrected chi connectivity index (χ1v) is 51.2. The van der Waals surface area contributed by atoms with E-state index in [9.17, 15) is 0 Å². The van der Waals surface area contributed by atoms with Crippen molar-refractivity contribution in [2.24, 2.45) is 0 Å². The number of para-hydroxylation sites is 4. The summed E-state index contributed by atoms with van der Waals surface area (Å²) in [5.41, 5.74) is 41.9. The zero-order chi connectivity index (χ0) is 98.5. The summed E-state index contributed by atoms with van der Waals surface area (Å²) in [7, 11) is 0. The summed E-state index contributed by atoms with van der Waals surface area (Å²) in [4.78, 5) is 28.6. The van der Waals surface area contributed by atoms with Crippen LogP contribution in [0.2, 0.25) is 0 Å². The molecule has 10 heteroatoms. The molecule has 27 aromatic rings. The molecule has 10 nitrogen and oxygen atoms in total. The van der Waals surface area contributed by atoms with Crippen LogP contribution in [0.3, 0.4) is 0 Å². The topological polar surface area (TPSA) is 76.1 Å². The van der Waals surface area contributed by atoms with Crippen molar-refractivity contribution in [3.63, 3.8) is 0 Å². The summed E-state index contributed by atoms with van der Waals surface area (Å²) < 4.78 is 7.29. The van der Waals surface area contributed by atoms with Crippen LogP contribution in [0.1, 0.15) is 16.7 Å². The third-order valence-corrected chi connectivity index (χ3v) is 30.7. The molecule has 0 N–H and O–H groups in total. The van der Waals surface area contributed by atoms with Crippen LogP contribution in [0, 0.1) is 0 Å². The van der Waals surface area contributed by atoms with Gasteiger partial charge in [-0.3, -0.25) is 0 Å². The second kappa shape index (κ2) is 34.8. The van der Waals surface area contributed by atoms with E-state index < -0.39 is 0 Å². The Morgan fingerprint density at radius 2 is 0.427 bits per heavy atom. The first-order valence-electron chi connectivity index (χ1n) is 51.2. The smallest absolute Gasteiger partial charge is 0.160 e. The predicted molar refractivity (Wildman–Crippen MR) is 626 cm³/mol. The Hall–Kier alpha value is -20.2. The lowest BCUT2D eigenvalue weighted by Crippen LogP contribution is -2.12. The van der Waals surface area contributed by atoms with Gasteiger partial charge in [0.25, 0.3) is 0 Å². The molecule has 0 aliphatic carbocycles. The molecule has 0 atom stereocenters. The maximum Gasteiger partial charge on any atom is 0.160 e. The highest BCUT2D eigenvalue weighted by Crippen LogP contribution is 2.53. The molecule has 698 valence electrons. The Morgan fingerprint density at radius 1 is 0.147 bits per heavy atom. The van der Waals surface area contributed by atoms with Crippen LogP contribution in [-0.4, -0.2) is 33.6 Å². The molecule has 3 aliphatic heterocycles. The van der Waals surface area contributed by atoms with Gasteiger partial charge in [-0.2, -0.15) is 0 Å². The van der Waals surface area contributed by atoms with Gasteiger partial charge >= 0.3 is 0 Å². The normalized spacial score (nSPS) is 12.5. The van der Waals surface area contributed by atoms with E-state index in [0.717, 1.165) is 196 Å². The lowest BCUT2D eigenvalue weighted by Gasteiger charge is -2.27. The number of hydrogen-bond donors (Lipinski definition) is 0. The molecule has 0 saturated heterocycles. The van der Waals surface area contributed by atoms with Crippen molar-refractivity contribution in [2.45, 2.75) is 0 Å². The van der Waals surface area contributed by atoms with Crippen LogP contribution in [0.4, 0.5) is 34.1 Å². The fourth-order valence-corrected chi connectivity index (χ4v) is 23.6. The number of anilines is 6.